The largest absolute Gasteiger partial charge is 0.451 e. The molecule has 4 rings (SSSR count). The first-order valence-corrected chi connectivity index (χ1v) is 10.2. The van der Waals surface area contributed by atoms with Gasteiger partial charge in [0.1, 0.15) is 0 Å². The highest BCUT2D eigenvalue weighted by Crippen LogP contribution is 2.24. The minimum absolute atomic E-state index is 0.223. The van der Waals surface area contributed by atoms with E-state index in [-0.39, 0.29) is 5.78 Å². The van der Waals surface area contributed by atoms with Crippen LogP contribution >= 0.6 is 0 Å². The Labute approximate surface area is 181 Å². The molecular formula is C26H24N2O3. The number of ether oxygens (including phenoxy) is 1. The van der Waals surface area contributed by atoms with E-state index in [2.05, 4.69) is 4.98 Å². The summed E-state index contributed by atoms with van der Waals surface area (Å²) < 4.78 is 7.63. The van der Waals surface area contributed by atoms with Crippen LogP contribution in [0.2, 0.25) is 0 Å². The smallest absolute Gasteiger partial charge is 0.339 e. The summed E-state index contributed by atoms with van der Waals surface area (Å²) in [6.45, 7) is 7.31. The molecule has 0 radical (unpaired) electrons. The molecule has 5 heteroatoms. The lowest BCUT2D eigenvalue weighted by Crippen LogP contribution is -2.25. The Kier molecular flexibility index (Phi) is 5.42. The third-order valence-electron chi connectivity index (χ3n) is 5.43. The van der Waals surface area contributed by atoms with Crippen molar-refractivity contribution >= 4 is 22.7 Å². The van der Waals surface area contributed by atoms with Crippen LogP contribution in [0.1, 0.15) is 44.7 Å². The van der Waals surface area contributed by atoms with Crippen molar-refractivity contribution in [2.75, 3.05) is 0 Å². The van der Waals surface area contributed by atoms with Gasteiger partial charge in [-0.15, -0.1) is 0 Å². The first-order chi connectivity index (χ1) is 14.9. The van der Waals surface area contributed by atoms with E-state index in [1.54, 1.807) is 13.0 Å². The molecule has 2 aromatic heterocycles. The van der Waals surface area contributed by atoms with E-state index in [0.717, 1.165) is 28.3 Å². The second-order valence-corrected chi connectivity index (χ2v) is 7.70. The van der Waals surface area contributed by atoms with E-state index in [1.165, 1.54) is 0 Å². The van der Waals surface area contributed by atoms with Gasteiger partial charge in [-0.3, -0.25) is 9.78 Å². The highest BCUT2D eigenvalue weighted by atomic mass is 16.5. The highest BCUT2D eigenvalue weighted by Gasteiger charge is 2.25. The van der Waals surface area contributed by atoms with Crippen LogP contribution in [0.25, 0.3) is 16.6 Å². The van der Waals surface area contributed by atoms with E-state index in [4.69, 9.17) is 4.74 Å². The minimum Gasteiger partial charge on any atom is -0.451 e. The van der Waals surface area contributed by atoms with E-state index < -0.39 is 12.1 Å². The van der Waals surface area contributed by atoms with Crippen LogP contribution in [-0.4, -0.2) is 27.4 Å². The highest BCUT2D eigenvalue weighted by molar-refractivity contribution is 6.06. The van der Waals surface area contributed by atoms with Crippen molar-refractivity contribution in [1.82, 2.24) is 9.55 Å². The third kappa shape index (κ3) is 3.87. The van der Waals surface area contributed by atoms with Gasteiger partial charge in [0.05, 0.1) is 11.1 Å². The standard InChI is InChI=1S/C26H24N2O3/c1-16-14-23(21-12-8-9-13-24(21)27-16)26(30)31-19(4)25(29)22-15-17(2)28(18(22)3)20-10-6-5-7-11-20/h5-15,19H,1-4H3/t19-/m0/s1. The van der Waals surface area contributed by atoms with Gasteiger partial charge < -0.3 is 9.30 Å². The predicted octanol–water partition coefficient (Wildman–Crippen LogP) is 5.38. The number of carbonyl (C=O) groups excluding carboxylic acids is 2. The molecule has 0 aliphatic rings. The molecule has 0 fully saturated rings. The van der Waals surface area contributed by atoms with Crippen molar-refractivity contribution in [3.05, 3.63) is 94.9 Å². The summed E-state index contributed by atoms with van der Waals surface area (Å²) >= 11 is 0. The molecule has 5 nitrogen and oxygen atoms in total. The molecule has 0 spiro atoms. The van der Waals surface area contributed by atoms with E-state index in [1.807, 2.05) is 86.0 Å². The maximum Gasteiger partial charge on any atom is 0.339 e. The topological polar surface area (TPSA) is 61.2 Å². The minimum atomic E-state index is -0.913. The Morgan fingerprint density at radius 2 is 1.58 bits per heavy atom. The number of para-hydroxylation sites is 2. The van der Waals surface area contributed by atoms with Gasteiger partial charge in [0.2, 0.25) is 5.78 Å². The molecule has 0 N–H and O–H groups in total. The molecule has 0 aliphatic heterocycles. The molecule has 2 aromatic carbocycles. The Morgan fingerprint density at radius 1 is 0.903 bits per heavy atom. The van der Waals surface area contributed by atoms with Crippen LogP contribution in [0.15, 0.2) is 66.7 Å². The zero-order valence-corrected chi connectivity index (χ0v) is 18.0. The quantitative estimate of drug-likeness (QED) is 0.326. The van der Waals surface area contributed by atoms with Crippen molar-refractivity contribution < 1.29 is 14.3 Å². The number of ketones is 1. The van der Waals surface area contributed by atoms with Crippen molar-refractivity contribution in [3.8, 4) is 5.69 Å². The van der Waals surface area contributed by atoms with E-state index >= 15 is 0 Å². The lowest BCUT2D eigenvalue weighted by Gasteiger charge is -2.14. The van der Waals surface area contributed by atoms with Crippen LogP contribution in [0, 0.1) is 20.8 Å². The lowest BCUT2D eigenvalue weighted by molar-refractivity contribution is 0.0320. The molecule has 0 bridgehead atoms. The van der Waals surface area contributed by atoms with Gasteiger partial charge in [-0.25, -0.2) is 4.79 Å². The van der Waals surface area contributed by atoms with E-state index in [0.29, 0.717) is 16.5 Å². The number of aromatic nitrogens is 2. The number of rotatable bonds is 5. The summed E-state index contributed by atoms with van der Waals surface area (Å²) in [7, 11) is 0. The number of nitrogens with zero attached hydrogens (tertiary/aromatic N) is 2. The number of carbonyl (C=O) groups is 2. The first kappa shape index (κ1) is 20.5. The number of fused-ring (bicyclic) bond motifs is 1. The van der Waals surface area contributed by atoms with E-state index in [9.17, 15) is 9.59 Å². The molecule has 0 amide bonds. The number of aryl methyl sites for hydroxylation is 2. The van der Waals surface area contributed by atoms with Gasteiger partial charge >= 0.3 is 5.97 Å². The van der Waals surface area contributed by atoms with Crippen molar-refractivity contribution in [1.29, 1.82) is 0 Å². The van der Waals surface area contributed by atoms with Crippen LogP contribution in [-0.2, 0) is 4.74 Å². The predicted molar refractivity (Wildman–Crippen MR) is 121 cm³/mol. The zero-order valence-electron chi connectivity index (χ0n) is 18.0. The first-order valence-electron chi connectivity index (χ1n) is 10.2. The maximum absolute atomic E-state index is 13.2. The lowest BCUT2D eigenvalue weighted by atomic mass is 10.1. The summed E-state index contributed by atoms with van der Waals surface area (Å²) in [5.41, 5.74) is 5.16. The molecule has 1 atom stereocenters. The van der Waals surface area contributed by atoms with Gasteiger partial charge in [0.25, 0.3) is 0 Å². The number of Topliss-reactive ketones (excluding diaryl/α,β-unsaturated/α-hetero) is 1. The Morgan fingerprint density at radius 3 is 2.32 bits per heavy atom. The average molecular weight is 412 g/mol. The van der Waals surface area contributed by atoms with Gasteiger partial charge in [-0.1, -0.05) is 36.4 Å². The van der Waals surface area contributed by atoms with Crippen LogP contribution < -0.4 is 0 Å². The van der Waals surface area contributed by atoms with Gasteiger partial charge in [0.15, 0.2) is 6.10 Å². The summed E-state index contributed by atoms with van der Waals surface area (Å²) in [5.74, 6) is -0.752. The van der Waals surface area contributed by atoms with Gasteiger partial charge in [-0.05, 0) is 58.0 Å². The second-order valence-electron chi connectivity index (χ2n) is 7.70. The molecule has 0 aliphatic carbocycles. The SMILES string of the molecule is Cc1cc(C(=O)O[C@@H](C)C(=O)c2cc(C)n(-c3ccccc3)c2C)c2ccccc2n1. The fraction of sp³-hybridized carbons (Fsp3) is 0.192. The Balaban J connectivity index is 1.61. The van der Waals surface area contributed by atoms with Crippen molar-refractivity contribution in [2.45, 2.75) is 33.8 Å². The number of hydrogen-bond acceptors (Lipinski definition) is 4. The summed E-state index contributed by atoms with van der Waals surface area (Å²) in [6.07, 6.45) is -0.913. The maximum atomic E-state index is 13.2. The van der Waals surface area contributed by atoms with Crippen molar-refractivity contribution in [3.63, 3.8) is 0 Å². The number of pyridine rings is 1. The molecule has 156 valence electrons. The summed E-state index contributed by atoms with van der Waals surface area (Å²) in [6, 6.07) is 20.8. The molecule has 4 aromatic rings. The fourth-order valence-electron chi connectivity index (χ4n) is 3.96. The number of hydrogen-bond donors (Lipinski definition) is 0. The number of benzene rings is 2. The number of esters is 1. The van der Waals surface area contributed by atoms with Crippen molar-refractivity contribution in [2.24, 2.45) is 0 Å². The van der Waals surface area contributed by atoms with Crippen LogP contribution in [0.4, 0.5) is 0 Å². The fourth-order valence-corrected chi connectivity index (χ4v) is 3.96. The van der Waals surface area contributed by atoms with Crippen LogP contribution in [0.5, 0.6) is 0 Å². The monoisotopic (exact) mass is 412 g/mol. The average Bonchev–Trinajstić information content (AvgIpc) is 3.06. The third-order valence-corrected chi connectivity index (χ3v) is 5.43. The molecule has 31 heavy (non-hydrogen) atoms. The molecule has 2 heterocycles. The molecule has 0 saturated heterocycles. The summed E-state index contributed by atoms with van der Waals surface area (Å²) in [4.78, 5) is 30.5. The zero-order chi connectivity index (χ0) is 22.1. The van der Waals surface area contributed by atoms with Gasteiger partial charge in [-0.2, -0.15) is 0 Å². The molecule has 0 unspecified atom stereocenters. The molecular weight excluding hydrogens is 388 g/mol. The Hall–Kier alpha value is -3.73. The van der Waals surface area contributed by atoms with Gasteiger partial charge in [0, 0.05) is 33.7 Å². The summed E-state index contributed by atoms with van der Waals surface area (Å²) in [5, 5.41) is 0.708. The van der Waals surface area contributed by atoms with Crippen LogP contribution in [0.3, 0.4) is 0 Å². The Bertz CT molecular complexity index is 1290. The normalized spacial score (nSPS) is 12.0. The second kappa shape index (κ2) is 8.19. The molecule has 0 saturated carbocycles.